The van der Waals surface area contributed by atoms with Gasteiger partial charge in [-0.05, 0) is 32.0 Å². The Balaban J connectivity index is 1.46. The molecule has 3 aromatic rings. The molecule has 0 bridgehead atoms. The van der Waals surface area contributed by atoms with Crippen LogP contribution >= 0.6 is 11.6 Å². The molecular weight excluding hydrogens is 308 g/mol. The van der Waals surface area contributed by atoms with E-state index in [0.29, 0.717) is 11.1 Å². The molecule has 1 aliphatic rings. The fraction of sp³-hybridized carbons (Fsp3) is 0.333. The summed E-state index contributed by atoms with van der Waals surface area (Å²) in [5.74, 6) is 0. The van der Waals surface area contributed by atoms with Crippen LogP contribution in [-0.4, -0.2) is 32.8 Å². The second kappa shape index (κ2) is 5.62. The zero-order chi connectivity index (χ0) is 16.0. The summed E-state index contributed by atoms with van der Waals surface area (Å²) in [5.41, 5.74) is 4.29. The lowest BCUT2D eigenvalue weighted by atomic mass is 10.1. The first-order valence-electron chi connectivity index (χ1n) is 7.89. The fourth-order valence-corrected chi connectivity index (χ4v) is 3.53. The zero-order valence-corrected chi connectivity index (χ0v) is 14.1. The van der Waals surface area contributed by atoms with Gasteiger partial charge in [0, 0.05) is 30.7 Å². The Kier molecular flexibility index (Phi) is 3.58. The van der Waals surface area contributed by atoms with E-state index in [-0.39, 0.29) is 0 Å². The van der Waals surface area contributed by atoms with Crippen LogP contribution in [0.2, 0.25) is 5.02 Å². The smallest absolute Gasteiger partial charge is 0.0891 e. The first-order valence-corrected chi connectivity index (χ1v) is 8.27. The largest absolute Gasteiger partial charge is 0.293 e. The summed E-state index contributed by atoms with van der Waals surface area (Å²) in [6.07, 6.45) is 0. The van der Waals surface area contributed by atoms with E-state index in [4.69, 9.17) is 16.6 Å². The minimum absolute atomic E-state index is 0.479. The van der Waals surface area contributed by atoms with Crippen LogP contribution in [-0.2, 0) is 6.54 Å². The highest BCUT2D eigenvalue weighted by molar-refractivity contribution is 6.35. The topological polar surface area (TPSA) is 34.0 Å². The van der Waals surface area contributed by atoms with Crippen molar-refractivity contribution in [3.05, 3.63) is 58.5 Å². The molecular formula is C18H19ClN4. The SMILES string of the molecule is Cc1cc(C)n(C2CN(Cc3ccc4cccc(Cl)c4n3)C2)n1. The number of fused-ring (bicyclic) bond motifs is 1. The van der Waals surface area contributed by atoms with Gasteiger partial charge in [0.2, 0.25) is 0 Å². The normalized spacial score (nSPS) is 16.0. The van der Waals surface area contributed by atoms with Crippen LogP contribution in [0.5, 0.6) is 0 Å². The molecule has 0 amide bonds. The Hall–Kier alpha value is -1.91. The average molecular weight is 327 g/mol. The van der Waals surface area contributed by atoms with Crippen LogP contribution in [0.15, 0.2) is 36.4 Å². The third-order valence-corrected chi connectivity index (χ3v) is 4.75. The van der Waals surface area contributed by atoms with Gasteiger partial charge in [0.05, 0.1) is 28.0 Å². The lowest BCUT2D eigenvalue weighted by molar-refractivity contribution is 0.0881. The second-order valence-corrected chi connectivity index (χ2v) is 6.74. The monoisotopic (exact) mass is 326 g/mol. The standard InChI is InChI=1S/C18H19ClN4/c1-12-8-13(2)23(21-12)16-10-22(11-16)9-15-7-6-14-4-3-5-17(19)18(14)20-15/h3-8,16H,9-11H2,1-2H3. The maximum atomic E-state index is 6.25. The third-order valence-electron chi connectivity index (χ3n) is 4.44. The van der Waals surface area contributed by atoms with Crippen LogP contribution < -0.4 is 0 Å². The number of hydrogen-bond acceptors (Lipinski definition) is 3. The van der Waals surface area contributed by atoms with Gasteiger partial charge in [0.1, 0.15) is 0 Å². The molecule has 5 heteroatoms. The van der Waals surface area contributed by atoms with Crippen molar-refractivity contribution in [2.24, 2.45) is 0 Å². The number of benzene rings is 1. The molecule has 0 spiro atoms. The molecule has 118 valence electrons. The van der Waals surface area contributed by atoms with Crippen LogP contribution in [0.4, 0.5) is 0 Å². The highest BCUT2D eigenvalue weighted by atomic mass is 35.5. The summed E-state index contributed by atoms with van der Waals surface area (Å²) in [6.45, 7) is 7.06. The molecule has 4 nitrogen and oxygen atoms in total. The van der Waals surface area contributed by atoms with Gasteiger partial charge >= 0.3 is 0 Å². The molecule has 23 heavy (non-hydrogen) atoms. The quantitative estimate of drug-likeness (QED) is 0.735. The summed E-state index contributed by atoms with van der Waals surface area (Å²) in [7, 11) is 0. The van der Waals surface area contributed by atoms with Crippen molar-refractivity contribution in [1.29, 1.82) is 0 Å². The molecule has 1 aliphatic heterocycles. The number of nitrogens with zero attached hydrogens (tertiary/aromatic N) is 4. The molecule has 1 fully saturated rings. The Bertz CT molecular complexity index is 865. The van der Waals surface area contributed by atoms with Crippen LogP contribution in [0, 0.1) is 13.8 Å². The Morgan fingerprint density at radius 3 is 2.74 bits per heavy atom. The van der Waals surface area contributed by atoms with Crippen LogP contribution in [0.3, 0.4) is 0 Å². The van der Waals surface area contributed by atoms with Gasteiger partial charge in [-0.2, -0.15) is 5.10 Å². The Morgan fingerprint density at radius 2 is 2.00 bits per heavy atom. The average Bonchev–Trinajstić information content (AvgIpc) is 2.81. The van der Waals surface area contributed by atoms with E-state index in [1.807, 2.05) is 25.1 Å². The van der Waals surface area contributed by atoms with E-state index in [2.05, 4.69) is 39.8 Å². The van der Waals surface area contributed by atoms with Crippen molar-refractivity contribution in [2.75, 3.05) is 13.1 Å². The summed E-state index contributed by atoms with van der Waals surface area (Å²) in [5, 5.41) is 6.39. The Morgan fingerprint density at radius 1 is 1.17 bits per heavy atom. The first-order chi connectivity index (χ1) is 11.1. The number of para-hydroxylation sites is 1. The Labute approximate surface area is 140 Å². The molecule has 1 saturated heterocycles. The molecule has 2 aromatic heterocycles. The molecule has 4 rings (SSSR count). The van der Waals surface area contributed by atoms with Crippen molar-refractivity contribution in [1.82, 2.24) is 19.7 Å². The van der Waals surface area contributed by atoms with Crippen LogP contribution in [0.25, 0.3) is 10.9 Å². The predicted molar refractivity (Wildman–Crippen MR) is 92.8 cm³/mol. The number of pyridine rings is 1. The van der Waals surface area contributed by atoms with Gasteiger partial charge in [-0.3, -0.25) is 9.58 Å². The molecule has 0 N–H and O–H groups in total. The van der Waals surface area contributed by atoms with E-state index < -0.39 is 0 Å². The van der Waals surface area contributed by atoms with E-state index in [0.717, 1.165) is 41.9 Å². The molecule has 0 atom stereocenters. The second-order valence-electron chi connectivity index (χ2n) is 6.33. The third kappa shape index (κ3) is 2.73. The molecule has 0 unspecified atom stereocenters. The molecule has 0 radical (unpaired) electrons. The lowest BCUT2D eigenvalue weighted by Gasteiger charge is -2.39. The number of halogens is 1. The number of aromatic nitrogens is 3. The number of hydrogen-bond donors (Lipinski definition) is 0. The molecule has 1 aromatic carbocycles. The van der Waals surface area contributed by atoms with E-state index in [9.17, 15) is 0 Å². The van der Waals surface area contributed by atoms with Crippen LogP contribution in [0.1, 0.15) is 23.1 Å². The molecule has 3 heterocycles. The van der Waals surface area contributed by atoms with Crippen molar-refractivity contribution in [3.8, 4) is 0 Å². The number of likely N-dealkylation sites (tertiary alicyclic amines) is 1. The van der Waals surface area contributed by atoms with Gasteiger partial charge in [0.25, 0.3) is 0 Å². The van der Waals surface area contributed by atoms with E-state index in [1.54, 1.807) is 0 Å². The maximum absolute atomic E-state index is 6.25. The van der Waals surface area contributed by atoms with Gasteiger partial charge in [0.15, 0.2) is 0 Å². The summed E-state index contributed by atoms with van der Waals surface area (Å²) in [6, 6.07) is 12.7. The van der Waals surface area contributed by atoms with E-state index in [1.165, 1.54) is 5.69 Å². The number of aryl methyl sites for hydroxylation is 2. The summed E-state index contributed by atoms with van der Waals surface area (Å²) >= 11 is 6.25. The molecule has 0 aliphatic carbocycles. The van der Waals surface area contributed by atoms with Gasteiger partial charge in [-0.25, -0.2) is 4.98 Å². The molecule has 0 saturated carbocycles. The van der Waals surface area contributed by atoms with Crippen molar-refractivity contribution in [3.63, 3.8) is 0 Å². The maximum Gasteiger partial charge on any atom is 0.0891 e. The number of rotatable bonds is 3. The van der Waals surface area contributed by atoms with Crippen molar-refractivity contribution in [2.45, 2.75) is 26.4 Å². The van der Waals surface area contributed by atoms with E-state index >= 15 is 0 Å². The van der Waals surface area contributed by atoms with Gasteiger partial charge < -0.3 is 0 Å². The van der Waals surface area contributed by atoms with Gasteiger partial charge in [-0.1, -0.05) is 29.8 Å². The van der Waals surface area contributed by atoms with Crippen molar-refractivity contribution >= 4 is 22.5 Å². The zero-order valence-electron chi connectivity index (χ0n) is 13.3. The highest BCUT2D eigenvalue weighted by Gasteiger charge is 2.29. The fourth-order valence-electron chi connectivity index (χ4n) is 3.31. The summed E-state index contributed by atoms with van der Waals surface area (Å²) < 4.78 is 2.15. The lowest BCUT2D eigenvalue weighted by Crippen LogP contribution is -2.47. The minimum Gasteiger partial charge on any atom is -0.293 e. The predicted octanol–water partition coefficient (Wildman–Crippen LogP) is 3.76. The highest BCUT2D eigenvalue weighted by Crippen LogP contribution is 2.26. The van der Waals surface area contributed by atoms with Gasteiger partial charge in [-0.15, -0.1) is 0 Å². The first kappa shape index (κ1) is 14.7. The minimum atomic E-state index is 0.479. The summed E-state index contributed by atoms with van der Waals surface area (Å²) in [4.78, 5) is 7.11. The van der Waals surface area contributed by atoms with Crippen molar-refractivity contribution < 1.29 is 0 Å².